The van der Waals surface area contributed by atoms with Gasteiger partial charge >= 0.3 is 6.09 Å². The largest absolute Gasteiger partial charge is 0.447 e. The number of pyridine rings is 1. The van der Waals surface area contributed by atoms with Gasteiger partial charge in [0.05, 0.1) is 6.04 Å². The molecular weight excluding hydrogens is 287 g/mol. The average Bonchev–Trinajstić information content (AvgIpc) is 3.15. The Morgan fingerprint density at radius 3 is 2.91 bits per heavy atom. The standard InChI is InChI=1S/C15H11FN4O2/c16-12-5-9(1-3-11(12)13-7-22-15(21)18-13)10-2-4-14-19-17-8-20(14)6-10/h1-6,8,13H,7H2,(H,18,21). The zero-order valence-corrected chi connectivity index (χ0v) is 11.4. The SMILES string of the molecule is O=C1NC(c2ccc(-c3ccc4nncn4c3)cc2F)CO1. The van der Waals surface area contributed by atoms with Crippen molar-refractivity contribution in [1.29, 1.82) is 0 Å². The van der Waals surface area contributed by atoms with Gasteiger partial charge in [0, 0.05) is 11.8 Å². The predicted molar refractivity (Wildman–Crippen MR) is 75.6 cm³/mol. The molecule has 1 fully saturated rings. The number of carbonyl (C=O) groups is 1. The highest BCUT2D eigenvalue weighted by atomic mass is 19.1. The monoisotopic (exact) mass is 298 g/mol. The van der Waals surface area contributed by atoms with E-state index in [1.807, 2.05) is 24.4 Å². The summed E-state index contributed by atoms with van der Waals surface area (Å²) in [5.74, 6) is -0.378. The van der Waals surface area contributed by atoms with Crippen LogP contribution in [0.4, 0.5) is 9.18 Å². The lowest BCUT2D eigenvalue weighted by Crippen LogP contribution is -2.19. The first-order chi connectivity index (χ1) is 10.7. The van der Waals surface area contributed by atoms with Crippen LogP contribution in [0, 0.1) is 5.82 Å². The second kappa shape index (κ2) is 4.80. The summed E-state index contributed by atoms with van der Waals surface area (Å²) in [5, 5.41) is 10.3. The van der Waals surface area contributed by atoms with Crippen LogP contribution >= 0.6 is 0 Å². The summed E-state index contributed by atoms with van der Waals surface area (Å²) in [5.41, 5.74) is 2.73. The van der Waals surface area contributed by atoms with Gasteiger partial charge in [-0.15, -0.1) is 10.2 Å². The Balaban J connectivity index is 1.70. The quantitative estimate of drug-likeness (QED) is 0.788. The zero-order valence-electron chi connectivity index (χ0n) is 11.4. The van der Waals surface area contributed by atoms with Crippen LogP contribution in [-0.4, -0.2) is 27.3 Å². The Morgan fingerprint density at radius 2 is 2.14 bits per heavy atom. The summed E-state index contributed by atoms with van der Waals surface area (Å²) in [6.07, 6.45) is 2.91. The van der Waals surface area contributed by atoms with Gasteiger partial charge in [-0.1, -0.05) is 12.1 Å². The molecule has 0 saturated carbocycles. The van der Waals surface area contributed by atoms with Gasteiger partial charge in [0.15, 0.2) is 5.65 Å². The number of ether oxygens (including phenoxy) is 1. The molecule has 4 rings (SSSR count). The molecule has 2 aromatic heterocycles. The Kier molecular flexibility index (Phi) is 2.78. The molecule has 1 amide bonds. The number of rotatable bonds is 2. The Hall–Kier alpha value is -2.96. The highest BCUT2D eigenvalue weighted by Crippen LogP contribution is 2.26. The van der Waals surface area contributed by atoms with E-state index < -0.39 is 12.1 Å². The number of aromatic nitrogens is 3. The van der Waals surface area contributed by atoms with Crippen molar-refractivity contribution in [1.82, 2.24) is 19.9 Å². The van der Waals surface area contributed by atoms with Gasteiger partial charge in [0.25, 0.3) is 0 Å². The zero-order chi connectivity index (χ0) is 15.1. The molecule has 22 heavy (non-hydrogen) atoms. The number of nitrogens with one attached hydrogen (secondary N) is 1. The molecule has 3 heterocycles. The molecule has 0 bridgehead atoms. The molecule has 110 valence electrons. The van der Waals surface area contributed by atoms with Crippen molar-refractivity contribution in [2.24, 2.45) is 0 Å². The van der Waals surface area contributed by atoms with E-state index in [1.165, 1.54) is 6.07 Å². The summed E-state index contributed by atoms with van der Waals surface area (Å²) in [6.45, 7) is 0.141. The second-order valence-corrected chi connectivity index (χ2v) is 5.05. The van der Waals surface area contributed by atoms with Crippen LogP contribution in [0.15, 0.2) is 42.9 Å². The number of halogens is 1. The van der Waals surface area contributed by atoms with E-state index in [0.29, 0.717) is 5.56 Å². The van der Waals surface area contributed by atoms with E-state index in [4.69, 9.17) is 4.74 Å². The average molecular weight is 298 g/mol. The van der Waals surface area contributed by atoms with Gasteiger partial charge in [0.1, 0.15) is 18.8 Å². The summed E-state index contributed by atoms with van der Waals surface area (Å²) in [6, 6.07) is 8.17. The number of alkyl carbamates (subject to hydrolysis) is 1. The summed E-state index contributed by atoms with van der Waals surface area (Å²) < 4.78 is 20.9. The molecule has 7 heteroatoms. The second-order valence-electron chi connectivity index (χ2n) is 5.05. The van der Waals surface area contributed by atoms with Crippen LogP contribution in [-0.2, 0) is 4.74 Å². The molecule has 6 nitrogen and oxygen atoms in total. The minimum absolute atomic E-state index is 0.141. The highest BCUT2D eigenvalue weighted by molar-refractivity contribution is 5.70. The minimum Gasteiger partial charge on any atom is -0.447 e. The Bertz CT molecular complexity index is 877. The number of carbonyl (C=O) groups excluding carboxylic acids is 1. The normalized spacial score (nSPS) is 17.5. The molecule has 1 unspecified atom stereocenters. The van der Waals surface area contributed by atoms with Crippen LogP contribution in [0.5, 0.6) is 0 Å². The van der Waals surface area contributed by atoms with Gasteiger partial charge in [0.2, 0.25) is 0 Å². The number of nitrogens with zero attached hydrogens (tertiary/aromatic N) is 3. The topological polar surface area (TPSA) is 68.5 Å². The third-order valence-electron chi connectivity index (χ3n) is 3.67. The fourth-order valence-electron chi connectivity index (χ4n) is 2.54. The van der Waals surface area contributed by atoms with Crippen LogP contribution in [0.25, 0.3) is 16.8 Å². The van der Waals surface area contributed by atoms with Crippen LogP contribution < -0.4 is 5.32 Å². The van der Waals surface area contributed by atoms with Gasteiger partial charge < -0.3 is 10.1 Å². The van der Waals surface area contributed by atoms with Crippen LogP contribution in [0.2, 0.25) is 0 Å². The van der Waals surface area contributed by atoms with Crippen molar-refractivity contribution in [3.63, 3.8) is 0 Å². The molecule has 0 spiro atoms. The third kappa shape index (κ3) is 2.07. The molecule has 0 radical (unpaired) electrons. The molecule has 3 aromatic rings. The molecule has 1 saturated heterocycles. The van der Waals surface area contributed by atoms with Crippen molar-refractivity contribution in [2.75, 3.05) is 6.61 Å². The minimum atomic E-state index is -0.522. The summed E-state index contributed by atoms with van der Waals surface area (Å²) in [7, 11) is 0. The maximum Gasteiger partial charge on any atom is 0.407 e. The number of hydrogen-bond acceptors (Lipinski definition) is 4. The molecule has 1 aromatic carbocycles. The lowest BCUT2D eigenvalue weighted by molar-refractivity contribution is 0.177. The van der Waals surface area contributed by atoms with Gasteiger partial charge in [-0.25, -0.2) is 9.18 Å². The Labute approximate surface area is 124 Å². The van der Waals surface area contributed by atoms with Gasteiger partial charge in [-0.3, -0.25) is 4.40 Å². The maximum absolute atomic E-state index is 14.3. The fourth-order valence-corrected chi connectivity index (χ4v) is 2.54. The Morgan fingerprint density at radius 1 is 1.27 bits per heavy atom. The van der Waals surface area contributed by atoms with E-state index in [-0.39, 0.29) is 12.4 Å². The van der Waals surface area contributed by atoms with Crippen molar-refractivity contribution < 1.29 is 13.9 Å². The molecule has 1 aliphatic heterocycles. The van der Waals surface area contributed by atoms with E-state index in [9.17, 15) is 9.18 Å². The predicted octanol–water partition coefficient (Wildman–Crippen LogP) is 2.32. The van der Waals surface area contributed by atoms with Crippen molar-refractivity contribution in [3.8, 4) is 11.1 Å². The first-order valence-corrected chi connectivity index (χ1v) is 6.73. The number of hydrogen-bond donors (Lipinski definition) is 1. The lowest BCUT2D eigenvalue weighted by Gasteiger charge is -2.11. The fraction of sp³-hybridized carbons (Fsp3) is 0.133. The smallest absolute Gasteiger partial charge is 0.407 e. The third-order valence-corrected chi connectivity index (χ3v) is 3.67. The van der Waals surface area contributed by atoms with E-state index in [0.717, 1.165) is 16.8 Å². The van der Waals surface area contributed by atoms with Gasteiger partial charge in [-0.05, 0) is 29.3 Å². The van der Waals surface area contributed by atoms with E-state index in [2.05, 4.69) is 15.5 Å². The molecule has 1 N–H and O–H groups in total. The van der Waals surface area contributed by atoms with Crippen molar-refractivity contribution >= 4 is 11.7 Å². The number of cyclic esters (lactones) is 1. The highest BCUT2D eigenvalue weighted by Gasteiger charge is 2.26. The maximum atomic E-state index is 14.3. The summed E-state index contributed by atoms with van der Waals surface area (Å²) in [4.78, 5) is 11.1. The van der Waals surface area contributed by atoms with E-state index >= 15 is 0 Å². The van der Waals surface area contributed by atoms with Crippen LogP contribution in [0.3, 0.4) is 0 Å². The number of fused-ring (bicyclic) bond motifs is 1. The summed E-state index contributed by atoms with van der Waals surface area (Å²) >= 11 is 0. The molecule has 0 aliphatic carbocycles. The lowest BCUT2D eigenvalue weighted by atomic mass is 10.0. The van der Waals surface area contributed by atoms with Crippen molar-refractivity contribution in [3.05, 3.63) is 54.2 Å². The van der Waals surface area contributed by atoms with Crippen LogP contribution in [0.1, 0.15) is 11.6 Å². The molecule has 1 atom stereocenters. The van der Waals surface area contributed by atoms with Crippen molar-refractivity contribution in [2.45, 2.75) is 6.04 Å². The van der Waals surface area contributed by atoms with E-state index in [1.54, 1.807) is 16.8 Å². The number of amides is 1. The number of benzene rings is 1. The molecule has 1 aliphatic rings. The molecular formula is C15H11FN4O2. The van der Waals surface area contributed by atoms with Gasteiger partial charge in [-0.2, -0.15) is 0 Å². The first-order valence-electron chi connectivity index (χ1n) is 6.73. The first kappa shape index (κ1) is 12.8.